The topological polar surface area (TPSA) is 98.5 Å². The Morgan fingerprint density at radius 3 is 2.81 bits per heavy atom. The molecule has 2 N–H and O–H groups in total. The normalized spacial score (nSPS) is 12.0. The predicted octanol–water partition coefficient (Wildman–Crippen LogP) is 4.90. The highest BCUT2D eigenvalue weighted by Crippen LogP contribution is 2.24. The molecule has 0 atom stereocenters. The van der Waals surface area contributed by atoms with E-state index in [0.717, 1.165) is 11.3 Å². The molecule has 0 aliphatic heterocycles. The molecule has 2 aromatic heterocycles. The zero-order valence-electron chi connectivity index (χ0n) is 18.6. The number of aromatic nitrogens is 2. The number of halogens is 1. The summed E-state index contributed by atoms with van der Waals surface area (Å²) in [5.41, 5.74) is 2.80. The van der Waals surface area contributed by atoms with Gasteiger partial charge in [0.05, 0.1) is 6.33 Å². The number of nitrogens with one attached hydrogen (secondary N) is 2. The van der Waals surface area contributed by atoms with Crippen LogP contribution in [0.4, 0.5) is 15.2 Å². The van der Waals surface area contributed by atoms with Crippen molar-refractivity contribution in [1.29, 1.82) is 0 Å². The summed E-state index contributed by atoms with van der Waals surface area (Å²) in [4.78, 5) is 20.4. The van der Waals surface area contributed by atoms with E-state index < -0.39 is 11.7 Å². The molecule has 0 fully saturated rings. The van der Waals surface area contributed by atoms with Crippen LogP contribution in [0.3, 0.4) is 0 Å². The minimum Gasteiger partial charge on any atom is -0.489 e. The fourth-order valence-electron chi connectivity index (χ4n) is 2.74. The third-order valence-corrected chi connectivity index (χ3v) is 4.34. The van der Waals surface area contributed by atoms with Gasteiger partial charge in [-0.1, -0.05) is 6.07 Å². The molecule has 3 aromatic rings. The minimum absolute atomic E-state index is 0.0300. The van der Waals surface area contributed by atoms with Crippen molar-refractivity contribution < 1.29 is 23.1 Å². The van der Waals surface area contributed by atoms with E-state index in [2.05, 4.69) is 20.6 Å². The van der Waals surface area contributed by atoms with Crippen molar-refractivity contribution in [3.05, 3.63) is 59.7 Å². The molecule has 0 spiro atoms. The van der Waals surface area contributed by atoms with Crippen molar-refractivity contribution in [2.24, 2.45) is 0 Å². The number of hydrogen-bond donors (Lipinski definition) is 2. The lowest BCUT2D eigenvalue weighted by molar-refractivity contribution is 0.0531. The van der Waals surface area contributed by atoms with Gasteiger partial charge in [-0.3, -0.25) is 4.98 Å². The second-order valence-corrected chi connectivity index (χ2v) is 8.16. The van der Waals surface area contributed by atoms with Gasteiger partial charge >= 0.3 is 6.09 Å². The number of alkyl carbamates (subject to hydrolysis) is 1. The summed E-state index contributed by atoms with van der Waals surface area (Å²) < 4.78 is 29.7. The highest BCUT2D eigenvalue weighted by Gasteiger charge is 2.16. The molecule has 0 saturated heterocycles. The molecule has 1 aromatic carbocycles. The van der Waals surface area contributed by atoms with Crippen LogP contribution in [0.5, 0.6) is 5.75 Å². The quantitative estimate of drug-likeness (QED) is 0.512. The second kappa shape index (κ2) is 10.1. The fraction of sp³-hybridized carbons (Fsp3) is 0.348. The molecule has 9 heteroatoms. The lowest BCUT2D eigenvalue weighted by Crippen LogP contribution is -2.34. The van der Waals surface area contributed by atoms with Gasteiger partial charge in [-0.05, 0) is 51.5 Å². The van der Waals surface area contributed by atoms with Gasteiger partial charge in [-0.25, -0.2) is 9.18 Å². The van der Waals surface area contributed by atoms with Crippen LogP contribution >= 0.6 is 0 Å². The zero-order valence-corrected chi connectivity index (χ0v) is 18.6. The van der Waals surface area contributed by atoms with Crippen LogP contribution in [0.1, 0.15) is 32.0 Å². The number of oxazole rings is 1. The first-order valence-corrected chi connectivity index (χ1v) is 10.2. The molecule has 3 rings (SSSR count). The summed E-state index contributed by atoms with van der Waals surface area (Å²) in [5, 5.41) is 5.64. The van der Waals surface area contributed by atoms with Crippen LogP contribution < -0.4 is 15.4 Å². The lowest BCUT2D eigenvalue weighted by atomic mass is 10.2. The summed E-state index contributed by atoms with van der Waals surface area (Å²) in [7, 11) is 0. The number of benzene rings is 1. The first kappa shape index (κ1) is 23.1. The Bertz CT molecular complexity index is 1100. The molecule has 0 bridgehead atoms. The molecule has 8 nitrogen and oxygen atoms in total. The maximum absolute atomic E-state index is 13.2. The molecule has 32 heavy (non-hydrogen) atoms. The number of rotatable bonds is 8. The van der Waals surface area contributed by atoms with E-state index >= 15 is 0 Å². The van der Waals surface area contributed by atoms with Crippen LogP contribution in [0.2, 0.25) is 0 Å². The molecule has 0 radical (unpaired) electrons. The van der Waals surface area contributed by atoms with E-state index in [0.29, 0.717) is 35.7 Å². The Morgan fingerprint density at radius 1 is 1.28 bits per heavy atom. The van der Waals surface area contributed by atoms with Gasteiger partial charge in [0, 0.05) is 36.6 Å². The van der Waals surface area contributed by atoms with Crippen molar-refractivity contribution in [3.63, 3.8) is 0 Å². The van der Waals surface area contributed by atoms with Crippen LogP contribution in [0.15, 0.2) is 52.8 Å². The first-order chi connectivity index (χ1) is 15.2. The van der Waals surface area contributed by atoms with E-state index in [-0.39, 0.29) is 18.7 Å². The van der Waals surface area contributed by atoms with E-state index in [4.69, 9.17) is 13.9 Å². The van der Waals surface area contributed by atoms with Gasteiger partial charge in [0.25, 0.3) is 6.01 Å². The smallest absolute Gasteiger partial charge is 0.407 e. The number of ether oxygens (including phenoxy) is 2. The standard InChI is InChI=1S/C23H27FN4O4/c1-15-17(6-5-9-25-15)13-26-21-28-19-8-7-18(10-20(19)31-21)30-14-16(11-24)12-27-22(29)32-23(2,3)4/h5-11H,12-14H2,1-4H3,(H,26,28)(H,27,29). The van der Waals surface area contributed by atoms with E-state index in [9.17, 15) is 9.18 Å². The van der Waals surface area contributed by atoms with Crippen molar-refractivity contribution >= 4 is 23.2 Å². The van der Waals surface area contributed by atoms with Gasteiger partial charge in [0.1, 0.15) is 23.5 Å². The Kier molecular flexibility index (Phi) is 7.29. The molecular weight excluding hydrogens is 415 g/mol. The van der Waals surface area contributed by atoms with E-state index in [1.165, 1.54) is 0 Å². The van der Waals surface area contributed by atoms with Crippen molar-refractivity contribution in [3.8, 4) is 5.75 Å². The molecule has 0 aliphatic rings. The van der Waals surface area contributed by atoms with Gasteiger partial charge in [-0.15, -0.1) is 0 Å². The van der Waals surface area contributed by atoms with Gasteiger partial charge in [-0.2, -0.15) is 4.98 Å². The number of hydrogen-bond acceptors (Lipinski definition) is 7. The van der Waals surface area contributed by atoms with Crippen LogP contribution in [-0.4, -0.2) is 34.8 Å². The monoisotopic (exact) mass is 442 g/mol. The summed E-state index contributed by atoms with van der Waals surface area (Å²) in [6.07, 6.45) is 1.53. The fourth-order valence-corrected chi connectivity index (χ4v) is 2.74. The molecule has 0 unspecified atom stereocenters. The largest absolute Gasteiger partial charge is 0.489 e. The van der Waals surface area contributed by atoms with Crippen LogP contribution in [0.25, 0.3) is 11.1 Å². The van der Waals surface area contributed by atoms with Crippen LogP contribution in [-0.2, 0) is 11.3 Å². The van der Waals surface area contributed by atoms with Crippen molar-refractivity contribution in [1.82, 2.24) is 15.3 Å². The summed E-state index contributed by atoms with van der Waals surface area (Å²) in [6, 6.07) is 9.40. The molecule has 2 heterocycles. The molecule has 0 aliphatic carbocycles. The molecular formula is C23H27FN4O4. The molecule has 170 valence electrons. The molecule has 1 amide bonds. The zero-order chi connectivity index (χ0) is 23.1. The second-order valence-electron chi connectivity index (χ2n) is 8.16. The Balaban J connectivity index is 1.55. The number of anilines is 1. The highest BCUT2D eigenvalue weighted by atomic mass is 19.1. The Hall–Kier alpha value is -3.62. The van der Waals surface area contributed by atoms with Crippen molar-refractivity contribution in [2.45, 2.75) is 39.8 Å². The highest BCUT2D eigenvalue weighted by molar-refractivity contribution is 5.76. The number of amides is 1. The number of carbonyl (C=O) groups excluding carboxylic acids is 1. The Morgan fingerprint density at radius 2 is 2.09 bits per heavy atom. The van der Waals surface area contributed by atoms with Gasteiger partial charge < -0.3 is 24.5 Å². The summed E-state index contributed by atoms with van der Waals surface area (Å²) in [5.74, 6) is 0.486. The number of nitrogens with zero attached hydrogens (tertiary/aromatic N) is 2. The van der Waals surface area contributed by atoms with Gasteiger partial charge in [0.2, 0.25) is 0 Å². The van der Waals surface area contributed by atoms with Crippen LogP contribution in [0, 0.1) is 6.92 Å². The van der Waals surface area contributed by atoms with E-state index in [1.807, 2.05) is 19.1 Å². The Labute approximate surface area is 185 Å². The lowest BCUT2D eigenvalue weighted by Gasteiger charge is -2.20. The summed E-state index contributed by atoms with van der Waals surface area (Å²) in [6.45, 7) is 7.66. The maximum Gasteiger partial charge on any atom is 0.407 e. The predicted molar refractivity (Wildman–Crippen MR) is 119 cm³/mol. The number of fused-ring (bicyclic) bond motifs is 1. The van der Waals surface area contributed by atoms with E-state index in [1.54, 1.807) is 45.2 Å². The van der Waals surface area contributed by atoms with Gasteiger partial charge in [0.15, 0.2) is 5.58 Å². The average molecular weight is 442 g/mol. The third-order valence-electron chi connectivity index (χ3n) is 4.34. The molecule has 0 saturated carbocycles. The third kappa shape index (κ3) is 6.69. The number of aryl methyl sites for hydroxylation is 1. The number of pyridine rings is 1. The SMILES string of the molecule is Cc1ncccc1CNc1nc2ccc(OCC(=CF)CNC(=O)OC(C)(C)C)cc2o1. The first-order valence-electron chi connectivity index (χ1n) is 10.2. The maximum atomic E-state index is 13.2. The average Bonchev–Trinajstić information content (AvgIpc) is 3.14. The van der Waals surface area contributed by atoms with Crippen molar-refractivity contribution in [2.75, 3.05) is 18.5 Å². The summed E-state index contributed by atoms with van der Waals surface area (Å²) >= 11 is 0. The minimum atomic E-state index is -0.628. The number of carbonyl (C=O) groups is 1.